The molecule has 0 bridgehead atoms. The number of ketones is 5. The van der Waals surface area contributed by atoms with E-state index in [0.717, 1.165) is 40.0 Å². The second kappa shape index (κ2) is 58.5. The zero-order valence-corrected chi connectivity index (χ0v) is 82.0. The number of esters is 1. The Morgan fingerprint density at radius 3 is 1.18 bits per heavy atom. The fraction of sp³-hybridized carbons (Fsp3) is 0.196. The molecular weight excluding hydrogens is 2100 g/mol. The van der Waals surface area contributed by atoms with Gasteiger partial charge in [-0.2, -0.15) is 0 Å². The summed E-state index contributed by atoms with van der Waals surface area (Å²) in [6, 6.07) is 82.1. The van der Waals surface area contributed by atoms with Crippen LogP contribution in [0, 0.1) is 0 Å². The number of hydrogen-bond acceptors (Lipinski definition) is 25. The van der Waals surface area contributed by atoms with E-state index in [1.807, 2.05) is 84.9 Å². The average molecular weight is 2210 g/mol. The third-order valence-electron chi connectivity index (χ3n) is 20.1. The fourth-order valence-corrected chi connectivity index (χ4v) is 13.2. The number of Topliss-reactive ketones (excluding diaryl/α,β-unsaturated/α-hetero) is 5. The first-order chi connectivity index (χ1) is 64.3. The van der Waals surface area contributed by atoms with Gasteiger partial charge < -0.3 is 81.3 Å². The van der Waals surface area contributed by atoms with Gasteiger partial charge in [0.2, 0.25) is 0 Å². The van der Waals surface area contributed by atoms with Gasteiger partial charge in [0.25, 0.3) is 5.24 Å². The number of ether oxygens (including phenoxy) is 15. The molecule has 0 saturated carbocycles. The number of benzene rings is 13. The number of aldehydes is 1. The van der Waals surface area contributed by atoms with Gasteiger partial charge in [-0.15, -0.1) is 0 Å². The molecule has 29 heteroatoms. The van der Waals surface area contributed by atoms with Crippen molar-refractivity contribution in [1.29, 1.82) is 0 Å². The van der Waals surface area contributed by atoms with Crippen LogP contribution in [0.15, 0.2) is 291 Å². The van der Waals surface area contributed by atoms with E-state index in [-0.39, 0.29) is 86.4 Å². The number of hydrogen-bond donors (Lipinski definition) is 2. The van der Waals surface area contributed by atoms with Crippen LogP contribution in [0.1, 0.15) is 151 Å². The van der Waals surface area contributed by atoms with Crippen LogP contribution in [0.3, 0.4) is 0 Å². The van der Waals surface area contributed by atoms with Gasteiger partial charge in [-0.3, -0.25) is 33.6 Å². The van der Waals surface area contributed by atoms with Gasteiger partial charge in [-0.25, -0.2) is 4.79 Å². The van der Waals surface area contributed by atoms with E-state index >= 15 is 0 Å². The van der Waals surface area contributed by atoms with E-state index in [1.165, 1.54) is 65.9 Å². The van der Waals surface area contributed by atoms with Crippen LogP contribution in [-0.4, -0.2) is 149 Å². The Balaban J connectivity index is 0.000000295. The molecule has 0 aliphatic carbocycles. The molecule has 0 aromatic heterocycles. The van der Waals surface area contributed by atoms with Crippen molar-refractivity contribution in [2.24, 2.45) is 0 Å². The van der Waals surface area contributed by atoms with E-state index in [9.17, 15) is 48.6 Å². The summed E-state index contributed by atoms with van der Waals surface area (Å²) in [4.78, 5) is 99.0. The fourth-order valence-electron chi connectivity index (χ4n) is 13.0. The van der Waals surface area contributed by atoms with Gasteiger partial charge >= 0.3 is 56.5 Å². The Morgan fingerprint density at radius 1 is 0.375 bits per heavy atom. The third-order valence-corrected chi connectivity index (χ3v) is 20.3. The Hall–Kier alpha value is -13.7. The number of phenols is 2. The summed E-state index contributed by atoms with van der Waals surface area (Å²) in [7, 11) is 20.2. The summed E-state index contributed by atoms with van der Waals surface area (Å²) in [6.45, 7) is 0. The van der Waals surface area contributed by atoms with Crippen molar-refractivity contribution < 1.29 is 133 Å². The van der Waals surface area contributed by atoms with Crippen LogP contribution in [0.25, 0.3) is 0 Å². The van der Waals surface area contributed by atoms with Crippen molar-refractivity contribution in [2.75, 3.05) is 92.4 Å². The molecule has 1 aliphatic heterocycles. The van der Waals surface area contributed by atoms with E-state index in [2.05, 4.69) is 37.2 Å². The number of carbonyl (C=O) groups excluding carboxylic acids is 8. The Morgan fingerprint density at radius 2 is 0.728 bits per heavy atom. The molecule has 136 heavy (non-hydrogen) atoms. The van der Waals surface area contributed by atoms with Crippen LogP contribution in [0.5, 0.6) is 97.7 Å². The van der Waals surface area contributed by atoms with Gasteiger partial charge in [0, 0.05) is 29.5 Å². The molecule has 0 amide bonds. The Bertz CT molecular complexity index is 6040. The van der Waals surface area contributed by atoms with Crippen LogP contribution in [-0.2, 0) is 12.8 Å². The van der Waals surface area contributed by atoms with Crippen LogP contribution in [0.2, 0.25) is 0 Å². The molecule has 3 unspecified atom stereocenters. The van der Waals surface area contributed by atoms with Crippen LogP contribution >= 0.6 is 48.8 Å². The van der Waals surface area contributed by atoms with E-state index in [4.69, 9.17) is 82.7 Å². The molecule has 13 aromatic carbocycles. The van der Waals surface area contributed by atoms with E-state index in [1.54, 1.807) is 233 Å². The number of phenolic OH excluding ortho intramolecular Hbond substituents is 2. The van der Waals surface area contributed by atoms with Crippen molar-refractivity contribution in [1.82, 2.24) is 0 Å². The number of halogens is 4. The molecule has 14 rings (SSSR count). The first-order valence-electron chi connectivity index (χ1n) is 40.3. The molecule has 0 fully saturated rings. The first-order valence-corrected chi connectivity index (χ1v) is 53.2. The second-order valence-electron chi connectivity index (χ2n) is 28.1. The van der Waals surface area contributed by atoms with Crippen molar-refractivity contribution in [3.8, 4) is 97.7 Å². The quantitative estimate of drug-likeness (QED) is 0.00803. The van der Waals surface area contributed by atoms with Crippen molar-refractivity contribution in [3.63, 3.8) is 0 Å². The maximum atomic E-state index is 13.6. The summed E-state index contributed by atoms with van der Waals surface area (Å²) in [5, 5.41) is 19.6. The van der Waals surface area contributed by atoms with Gasteiger partial charge in [-0.1, -0.05) is 82.9 Å². The summed E-state index contributed by atoms with van der Waals surface area (Å²) in [5.74, 6) is 4.94. The summed E-state index contributed by atoms with van der Waals surface area (Å²) in [5.41, 5.74) is 6.69. The molecular formula is C107H109ClI3O25-. The van der Waals surface area contributed by atoms with E-state index < -0.39 is 40.7 Å². The zero-order valence-electron chi connectivity index (χ0n) is 74.7. The number of rotatable bonds is 30. The molecule has 1 heterocycles. The molecule has 0 saturated heterocycles. The standard InChI is InChI=1S/2C24H22O6.C24H22O5.C16H16O4.C8H7ClO2.C8H8O2.3CH4.I3/c1-27-18-9-7-17(8-10-18)24(26)30-23-12-11-20(29-3)15-21(23)22(25)14-16-5-4-6-19(13-16)28-2;1-28-17-9-7-15(8-10-17)23(26)22(16-5-4-6-18(13-16)29-2)24(27)20-14-19(30-3)11-12-21(20)25;1-26-17-9-7-15(8-10-17)24-22(16-5-4-6-18(13-16)27-2)23(25)20-14-19(28-3)11-12-21(20)29-24;1-19-12-5-3-4-11(8-12)9-16(18)14-10-13(20-2)6-7-15(14)17;1-11-7-4-2-6(3-5-7)8(9)10;1-10-8-4-2-7(6-9)3-5-8;;;;1-3-2/h4-13,15H,14H2,1-3H3;4-14,22,25H,1-3H3;4-14,22,24H,1-3H3;3-8,10,17H,9H2,1-2H3;2-5H,1H3;2-6H,1H3;3*1H4;/q;;;;;;;;;-1. The molecule has 716 valence electrons. The predicted octanol–water partition coefficient (Wildman–Crippen LogP) is 20.5. The minimum absolute atomic E-state index is 0. The number of methoxy groups -OCH3 is 13. The normalized spacial score (nSPS) is 11.6. The predicted molar refractivity (Wildman–Crippen MR) is 539 cm³/mol. The zero-order chi connectivity index (χ0) is 96.5. The van der Waals surface area contributed by atoms with Crippen molar-refractivity contribution in [3.05, 3.63) is 364 Å². The van der Waals surface area contributed by atoms with Gasteiger partial charge in [0.05, 0.1) is 126 Å². The first kappa shape index (κ1) is 113. The molecule has 0 radical (unpaired) electrons. The average Bonchev–Trinajstić information content (AvgIpc) is 0.755. The number of fused-ring (bicyclic) bond motifs is 1. The molecule has 2 N–H and O–H groups in total. The molecule has 25 nitrogen and oxygen atoms in total. The molecule has 13 aromatic rings. The minimum atomic E-state index is -1.17. The van der Waals surface area contributed by atoms with Gasteiger partial charge in [0.15, 0.2) is 28.9 Å². The van der Waals surface area contributed by atoms with Crippen LogP contribution < -0.4 is 84.3 Å². The topological polar surface area (TPSA) is 315 Å². The molecule has 3 atom stereocenters. The van der Waals surface area contributed by atoms with Crippen molar-refractivity contribution >= 4 is 95.2 Å². The molecule has 1 aliphatic rings. The number of aromatic hydroxyl groups is 2. The van der Waals surface area contributed by atoms with E-state index in [0.29, 0.717) is 116 Å². The molecule has 0 spiro atoms. The summed E-state index contributed by atoms with van der Waals surface area (Å²) >= 11 is 10.5. The maximum absolute atomic E-state index is 13.6. The monoisotopic (exact) mass is 2210 g/mol. The second-order valence-corrected chi connectivity index (χ2v) is 44.6. The Kier molecular flexibility index (Phi) is 48.5. The summed E-state index contributed by atoms with van der Waals surface area (Å²) in [6.07, 6.45) is 0.649. The summed E-state index contributed by atoms with van der Waals surface area (Å²) < 4.78 is 78.9. The number of carbonyl (C=O) groups is 8. The third kappa shape index (κ3) is 32.8. The Labute approximate surface area is 828 Å². The SMILES string of the molecule is C.C.C.COc1ccc(C(=O)C(C(=O)c2cc(OC)ccc2O)c2cccc(OC)c2)cc1.COc1ccc(C(=O)Cl)cc1.COc1ccc(C(=O)Oc2ccc(OC)cc2C(=O)Cc2cccc(OC)c2)cc1.COc1ccc(C2Oc3ccc(OC)cc3C(=O)C2c2cccc(OC)c2)cc1.COc1ccc(C=O)cc1.COc1cccc(CC(=O)c2cc(OC)ccc2O)c1.I[I-]I. The van der Waals surface area contributed by atoms with Crippen LogP contribution in [0.4, 0.5) is 0 Å². The van der Waals surface area contributed by atoms with Gasteiger partial charge in [0.1, 0.15) is 116 Å². The van der Waals surface area contributed by atoms with Crippen molar-refractivity contribution in [2.45, 2.75) is 53.1 Å². The van der Waals surface area contributed by atoms with Gasteiger partial charge in [-0.05, 0) is 270 Å².